The summed E-state index contributed by atoms with van der Waals surface area (Å²) >= 11 is 0. The molecular weight excluding hydrogens is 417 g/mol. The van der Waals surface area contributed by atoms with Gasteiger partial charge in [-0.3, -0.25) is 9.78 Å². The van der Waals surface area contributed by atoms with E-state index in [2.05, 4.69) is 34.3 Å². The number of amides is 1. The van der Waals surface area contributed by atoms with Crippen molar-refractivity contribution in [1.29, 1.82) is 0 Å². The Bertz CT molecular complexity index is 1170. The van der Waals surface area contributed by atoms with Crippen molar-refractivity contribution in [2.75, 3.05) is 13.1 Å². The van der Waals surface area contributed by atoms with E-state index in [1.807, 2.05) is 29.5 Å². The van der Waals surface area contributed by atoms with Crippen LogP contribution in [0.5, 0.6) is 0 Å². The first-order valence-corrected chi connectivity index (χ1v) is 12.9. The summed E-state index contributed by atoms with van der Waals surface area (Å²) in [5.74, 6) is 0.745. The molecular formula is C25H30N5OP. The smallest absolute Gasteiger partial charge is 0.252 e. The molecule has 6 rings (SSSR count). The second-order valence-electron chi connectivity index (χ2n) is 9.60. The molecule has 0 N–H and O–H groups in total. The van der Waals surface area contributed by atoms with Crippen LogP contribution in [0.2, 0.25) is 0 Å². The normalized spacial score (nSPS) is 25.8. The molecule has 7 heteroatoms. The van der Waals surface area contributed by atoms with Crippen LogP contribution in [-0.4, -0.2) is 55.2 Å². The molecule has 6 nitrogen and oxygen atoms in total. The number of hydrogen-bond acceptors (Lipinski definition) is 4. The van der Waals surface area contributed by atoms with Crippen LogP contribution in [0, 0.1) is 19.8 Å². The molecule has 3 aliphatic heterocycles. The number of aromatic nitrogens is 3. The molecule has 0 radical (unpaired) electrons. The topological polar surface area (TPSA) is 53.7 Å². The van der Waals surface area contributed by atoms with Crippen molar-refractivity contribution >= 4 is 25.3 Å². The molecule has 0 bridgehead atoms. The summed E-state index contributed by atoms with van der Waals surface area (Å²) in [6, 6.07) is 2.90. The fraction of sp³-hybridized carbons (Fsp3) is 0.480. The van der Waals surface area contributed by atoms with Gasteiger partial charge in [-0.05, 0) is 70.2 Å². The van der Waals surface area contributed by atoms with Gasteiger partial charge in [0, 0.05) is 23.6 Å². The van der Waals surface area contributed by atoms with Crippen LogP contribution in [0.1, 0.15) is 49.2 Å². The van der Waals surface area contributed by atoms with Crippen LogP contribution in [0.4, 0.5) is 0 Å². The maximum atomic E-state index is 13.1. The van der Waals surface area contributed by atoms with E-state index in [9.17, 15) is 4.79 Å². The molecule has 1 amide bonds. The predicted octanol–water partition coefficient (Wildman–Crippen LogP) is 4.25. The Labute approximate surface area is 190 Å². The minimum absolute atomic E-state index is 0.0700. The highest BCUT2D eigenvalue weighted by molar-refractivity contribution is 7.51. The maximum Gasteiger partial charge on any atom is 0.252 e. The Kier molecular flexibility index (Phi) is 5.03. The molecule has 166 valence electrons. The standard InChI is InChI=1S/C25H30N5OP/c1-16-14-30-22(17(2)26-16)12-21(27-30)23-13-24(31)29-15-19(6-7-25(29)32-23)18-8-10-28(11-9-18)20-4-3-5-20/h6-7,12-15,18,20,25,32H,3-5,8-11H2,1-2H3. The van der Waals surface area contributed by atoms with Gasteiger partial charge in [0.05, 0.1) is 34.6 Å². The molecule has 2 aromatic rings. The van der Waals surface area contributed by atoms with E-state index in [0.717, 1.165) is 34.0 Å². The Morgan fingerprint density at radius 3 is 2.69 bits per heavy atom. The molecule has 2 fully saturated rings. The number of carbonyl (C=O) groups excluding carboxylic acids is 1. The van der Waals surface area contributed by atoms with Crippen molar-refractivity contribution in [3.05, 3.63) is 59.3 Å². The van der Waals surface area contributed by atoms with Crippen molar-refractivity contribution in [3.8, 4) is 0 Å². The van der Waals surface area contributed by atoms with E-state index < -0.39 is 0 Å². The Hall–Kier alpha value is -2.30. The quantitative estimate of drug-likeness (QED) is 0.660. The lowest BCUT2D eigenvalue weighted by atomic mass is 9.84. The van der Waals surface area contributed by atoms with Gasteiger partial charge in [0.1, 0.15) is 0 Å². The van der Waals surface area contributed by atoms with Gasteiger partial charge in [-0.1, -0.05) is 27.2 Å². The van der Waals surface area contributed by atoms with Gasteiger partial charge in [-0.15, -0.1) is 0 Å². The Morgan fingerprint density at radius 2 is 1.94 bits per heavy atom. The lowest BCUT2D eigenvalue weighted by Gasteiger charge is -2.42. The van der Waals surface area contributed by atoms with Crippen LogP contribution in [-0.2, 0) is 4.79 Å². The van der Waals surface area contributed by atoms with Crippen molar-refractivity contribution in [2.45, 2.75) is 57.8 Å². The van der Waals surface area contributed by atoms with E-state index >= 15 is 0 Å². The summed E-state index contributed by atoms with van der Waals surface area (Å²) in [5, 5.41) is 5.79. The fourth-order valence-corrected chi connectivity index (χ4v) is 6.79. The molecule has 5 heterocycles. The SMILES string of the molecule is Cc1cn2nc(C3=CC(=O)N4C=C(C5CCN(C6CCC6)CC5)C=CC4P3)cc2c(C)n1. The highest BCUT2D eigenvalue weighted by Crippen LogP contribution is 2.45. The molecule has 1 saturated heterocycles. The Morgan fingerprint density at radius 1 is 1.12 bits per heavy atom. The number of piperidine rings is 1. The third-order valence-electron chi connectivity index (χ3n) is 7.51. The van der Waals surface area contributed by atoms with Crippen molar-refractivity contribution in [1.82, 2.24) is 24.4 Å². The second-order valence-corrected chi connectivity index (χ2v) is 11.0. The van der Waals surface area contributed by atoms with E-state index in [1.54, 1.807) is 6.08 Å². The molecule has 2 atom stereocenters. The van der Waals surface area contributed by atoms with E-state index in [4.69, 9.17) is 5.10 Å². The van der Waals surface area contributed by atoms with Gasteiger partial charge in [-0.25, -0.2) is 4.52 Å². The minimum atomic E-state index is 0.0700. The molecule has 32 heavy (non-hydrogen) atoms. The number of hydrogen-bond donors (Lipinski definition) is 0. The van der Waals surface area contributed by atoms with Crippen molar-refractivity contribution < 1.29 is 4.79 Å². The van der Waals surface area contributed by atoms with Crippen LogP contribution < -0.4 is 0 Å². The van der Waals surface area contributed by atoms with Gasteiger partial charge in [-0.2, -0.15) is 5.10 Å². The monoisotopic (exact) mass is 447 g/mol. The minimum Gasteiger partial charge on any atom is -0.304 e. The number of fused-ring (bicyclic) bond motifs is 2. The maximum absolute atomic E-state index is 13.1. The average Bonchev–Trinajstić information content (AvgIpc) is 3.17. The first-order chi connectivity index (χ1) is 15.5. The van der Waals surface area contributed by atoms with E-state index in [1.165, 1.54) is 50.8 Å². The summed E-state index contributed by atoms with van der Waals surface area (Å²) < 4.78 is 1.89. The third kappa shape index (κ3) is 3.54. The molecule has 2 aromatic heterocycles. The number of carbonyl (C=O) groups is 1. The van der Waals surface area contributed by atoms with Crippen LogP contribution in [0.25, 0.3) is 10.8 Å². The van der Waals surface area contributed by atoms with Crippen LogP contribution in [0.3, 0.4) is 0 Å². The third-order valence-corrected chi connectivity index (χ3v) is 8.99. The zero-order valence-corrected chi connectivity index (χ0v) is 19.8. The lowest BCUT2D eigenvalue weighted by molar-refractivity contribution is -0.123. The Balaban J connectivity index is 1.20. The molecule has 1 aliphatic carbocycles. The van der Waals surface area contributed by atoms with Crippen LogP contribution in [0.15, 0.2) is 42.3 Å². The van der Waals surface area contributed by atoms with Gasteiger partial charge in [0.25, 0.3) is 5.91 Å². The average molecular weight is 448 g/mol. The summed E-state index contributed by atoms with van der Waals surface area (Å²) in [6.07, 6.45) is 17.0. The van der Waals surface area contributed by atoms with E-state index in [-0.39, 0.29) is 11.7 Å². The van der Waals surface area contributed by atoms with Crippen LogP contribution >= 0.6 is 8.58 Å². The lowest BCUT2D eigenvalue weighted by Crippen LogP contribution is -2.45. The molecule has 2 unspecified atom stereocenters. The first-order valence-electron chi connectivity index (χ1n) is 11.8. The van der Waals surface area contributed by atoms with Crippen molar-refractivity contribution in [3.63, 3.8) is 0 Å². The largest absolute Gasteiger partial charge is 0.304 e. The molecule has 0 aromatic carbocycles. The number of allylic oxidation sites excluding steroid dienone is 2. The number of nitrogens with zero attached hydrogens (tertiary/aromatic N) is 5. The van der Waals surface area contributed by atoms with Gasteiger partial charge in [0.15, 0.2) is 0 Å². The summed E-state index contributed by atoms with van der Waals surface area (Å²) in [6.45, 7) is 6.38. The number of aryl methyl sites for hydroxylation is 2. The van der Waals surface area contributed by atoms with Crippen molar-refractivity contribution in [2.24, 2.45) is 5.92 Å². The number of rotatable bonds is 3. The highest BCUT2D eigenvalue weighted by atomic mass is 31.1. The van der Waals surface area contributed by atoms with Gasteiger partial charge >= 0.3 is 0 Å². The second kappa shape index (κ2) is 7.93. The zero-order chi connectivity index (χ0) is 21.8. The number of likely N-dealkylation sites (tertiary alicyclic amines) is 1. The summed E-state index contributed by atoms with van der Waals surface area (Å²) in [7, 11) is 0.494. The molecule has 0 spiro atoms. The molecule has 4 aliphatic rings. The predicted molar refractivity (Wildman–Crippen MR) is 129 cm³/mol. The summed E-state index contributed by atoms with van der Waals surface area (Å²) in [4.78, 5) is 22.3. The fourth-order valence-electron chi connectivity index (χ4n) is 5.46. The zero-order valence-electron chi connectivity index (χ0n) is 18.8. The van der Waals surface area contributed by atoms with Gasteiger partial charge in [0.2, 0.25) is 0 Å². The first kappa shape index (κ1) is 20.3. The molecule has 1 saturated carbocycles. The van der Waals surface area contributed by atoms with Gasteiger partial charge < -0.3 is 9.80 Å². The highest BCUT2D eigenvalue weighted by Gasteiger charge is 2.33. The van der Waals surface area contributed by atoms with E-state index in [0.29, 0.717) is 14.5 Å². The summed E-state index contributed by atoms with van der Waals surface area (Å²) in [5.41, 5.74) is 5.12.